The Labute approximate surface area is 174 Å². The number of likely N-dealkylation sites (tertiary alicyclic amines) is 1. The van der Waals surface area contributed by atoms with Crippen molar-refractivity contribution in [2.45, 2.75) is 18.8 Å². The number of benzene rings is 2. The van der Waals surface area contributed by atoms with Crippen molar-refractivity contribution in [1.29, 1.82) is 0 Å². The van der Waals surface area contributed by atoms with Gasteiger partial charge < -0.3 is 24.2 Å². The van der Waals surface area contributed by atoms with Gasteiger partial charge in [0.25, 0.3) is 0 Å². The van der Waals surface area contributed by atoms with Crippen LogP contribution in [0, 0.1) is 0 Å². The van der Waals surface area contributed by atoms with Crippen LogP contribution in [0.1, 0.15) is 24.7 Å². The SMILES string of the molecule is COc1ccc(NC(=O)N2CCCC(c3nc(-c4ccccc4)no3)C2)c(OC)c1. The number of hydrogen-bond acceptors (Lipinski definition) is 6. The molecule has 1 aromatic heterocycles. The quantitative estimate of drug-likeness (QED) is 0.682. The van der Waals surface area contributed by atoms with Gasteiger partial charge in [-0.15, -0.1) is 0 Å². The molecule has 3 aromatic rings. The number of carbonyl (C=O) groups is 1. The predicted molar refractivity (Wildman–Crippen MR) is 112 cm³/mol. The van der Waals surface area contributed by atoms with E-state index >= 15 is 0 Å². The standard InChI is InChI=1S/C22H24N4O4/c1-28-17-10-11-18(19(13-17)29-2)23-22(27)26-12-6-9-16(14-26)21-24-20(25-30-21)15-7-4-3-5-8-15/h3-5,7-8,10-11,13,16H,6,9,12,14H2,1-2H3,(H,23,27). The number of nitrogens with zero attached hydrogens (tertiary/aromatic N) is 3. The Bertz CT molecular complexity index is 1010. The minimum absolute atomic E-state index is 0.00669. The Morgan fingerprint density at radius 3 is 2.77 bits per heavy atom. The molecule has 2 aromatic carbocycles. The van der Waals surface area contributed by atoms with E-state index in [0.717, 1.165) is 18.4 Å². The molecule has 4 rings (SSSR count). The van der Waals surface area contributed by atoms with Crippen LogP contribution < -0.4 is 14.8 Å². The van der Waals surface area contributed by atoms with Gasteiger partial charge in [0.1, 0.15) is 11.5 Å². The molecule has 1 atom stereocenters. The maximum Gasteiger partial charge on any atom is 0.321 e. The maximum absolute atomic E-state index is 12.9. The van der Waals surface area contributed by atoms with E-state index in [1.165, 1.54) is 0 Å². The zero-order valence-electron chi connectivity index (χ0n) is 17.0. The number of urea groups is 1. The fourth-order valence-corrected chi connectivity index (χ4v) is 3.56. The van der Waals surface area contributed by atoms with Crippen LogP contribution in [0.25, 0.3) is 11.4 Å². The summed E-state index contributed by atoms with van der Waals surface area (Å²) in [6, 6.07) is 14.8. The molecule has 1 saturated heterocycles. The molecule has 1 fully saturated rings. The number of methoxy groups -OCH3 is 2. The normalized spacial score (nSPS) is 16.2. The third kappa shape index (κ3) is 4.22. The van der Waals surface area contributed by atoms with Crippen LogP contribution in [0.3, 0.4) is 0 Å². The Morgan fingerprint density at radius 1 is 1.17 bits per heavy atom. The van der Waals surface area contributed by atoms with E-state index < -0.39 is 0 Å². The first-order valence-corrected chi connectivity index (χ1v) is 9.85. The van der Waals surface area contributed by atoms with Gasteiger partial charge in [-0.25, -0.2) is 4.79 Å². The minimum Gasteiger partial charge on any atom is -0.497 e. The van der Waals surface area contributed by atoms with Crippen molar-refractivity contribution in [2.75, 3.05) is 32.6 Å². The third-order valence-electron chi connectivity index (χ3n) is 5.18. The van der Waals surface area contributed by atoms with Crippen molar-refractivity contribution >= 4 is 11.7 Å². The molecule has 2 amide bonds. The summed E-state index contributed by atoms with van der Waals surface area (Å²) in [5, 5.41) is 7.03. The summed E-state index contributed by atoms with van der Waals surface area (Å²) in [6.45, 7) is 1.18. The van der Waals surface area contributed by atoms with E-state index in [1.54, 1.807) is 37.3 Å². The van der Waals surface area contributed by atoms with Crippen LogP contribution in [-0.4, -0.2) is 48.4 Å². The van der Waals surface area contributed by atoms with Crippen LogP contribution in [0.4, 0.5) is 10.5 Å². The van der Waals surface area contributed by atoms with Crippen molar-refractivity contribution in [2.24, 2.45) is 0 Å². The summed E-state index contributed by atoms with van der Waals surface area (Å²) in [5.74, 6) is 2.34. The maximum atomic E-state index is 12.9. The van der Waals surface area contributed by atoms with Crippen LogP contribution >= 0.6 is 0 Å². The van der Waals surface area contributed by atoms with Crippen molar-refractivity contribution in [3.63, 3.8) is 0 Å². The summed E-state index contributed by atoms with van der Waals surface area (Å²) in [4.78, 5) is 19.2. The second-order valence-corrected chi connectivity index (χ2v) is 7.10. The molecule has 0 bridgehead atoms. The summed E-state index contributed by atoms with van der Waals surface area (Å²) >= 11 is 0. The Morgan fingerprint density at radius 2 is 2.00 bits per heavy atom. The number of piperidine rings is 1. The zero-order chi connectivity index (χ0) is 20.9. The molecule has 30 heavy (non-hydrogen) atoms. The predicted octanol–water partition coefficient (Wildman–Crippen LogP) is 4.17. The lowest BCUT2D eigenvalue weighted by Crippen LogP contribution is -2.41. The molecule has 1 unspecified atom stereocenters. The first-order valence-electron chi connectivity index (χ1n) is 9.85. The number of anilines is 1. The molecule has 1 aliphatic rings. The summed E-state index contributed by atoms with van der Waals surface area (Å²) in [5.41, 5.74) is 1.50. The van der Waals surface area contributed by atoms with E-state index in [0.29, 0.717) is 42.0 Å². The monoisotopic (exact) mass is 408 g/mol. The molecular weight excluding hydrogens is 384 g/mol. The van der Waals surface area contributed by atoms with E-state index in [4.69, 9.17) is 14.0 Å². The highest BCUT2D eigenvalue weighted by Crippen LogP contribution is 2.31. The highest BCUT2D eigenvalue weighted by atomic mass is 16.5. The third-order valence-corrected chi connectivity index (χ3v) is 5.18. The molecule has 0 radical (unpaired) electrons. The van der Waals surface area contributed by atoms with Crippen LogP contribution in [0.2, 0.25) is 0 Å². The molecular formula is C22H24N4O4. The van der Waals surface area contributed by atoms with Crippen molar-refractivity contribution in [3.8, 4) is 22.9 Å². The van der Waals surface area contributed by atoms with E-state index in [9.17, 15) is 4.79 Å². The van der Waals surface area contributed by atoms with Gasteiger partial charge in [0.05, 0.1) is 25.8 Å². The molecule has 1 aliphatic heterocycles. The smallest absolute Gasteiger partial charge is 0.321 e. The number of aromatic nitrogens is 2. The highest BCUT2D eigenvalue weighted by Gasteiger charge is 2.29. The van der Waals surface area contributed by atoms with Gasteiger partial charge in [-0.2, -0.15) is 4.98 Å². The average Bonchev–Trinajstić information content (AvgIpc) is 3.30. The summed E-state index contributed by atoms with van der Waals surface area (Å²) in [6.07, 6.45) is 1.76. The van der Waals surface area contributed by atoms with Gasteiger partial charge in [-0.3, -0.25) is 0 Å². The number of amides is 2. The van der Waals surface area contributed by atoms with Crippen molar-refractivity contribution in [1.82, 2.24) is 15.0 Å². The van der Waals surface area contributed by atoms with E-state index in [-0.39, 0.29) is 11.9 Å². The molecule has 8 heteroatoms. The van der Waals surface area contributed by atoms with Crippen LogP contribution in [0.5, 0.6) is 11.5 Å². The molecule has 8 nitrogen and oxygen atoms in total. The molecule has 0 spiro atoms. The van der Waals surface area contributed by atoms with Gasteiger partial charge in [-0.05, 0) is 25.0 Å². The fraction of sp³-hybridized carbons (Fsp3) is 0.318. The second kappa shape index (κ2) is 8.86. The van der Waals surface area contributed by atoms with Crippen molar-refractivity contribution in [3.05, 3.63) is 54.4 Å². The average molecular weight is 408 g/mol. The molecule has 0 aliphatic carbocycles. The number of hydrogen-bond donors (Lipinski definition) is 1. The molecule has 1 N–H and O–H groups in total. The lowest BCUT2D eigenvalue weighted by atomic mass is 9.98. The fourth-order valence-electron chi connectivity index (χ4n) is 3.56. The summed E-state index contributed by atoms with van der Waals surface area (Å²) in [7, 11) is 3.14. The Balaban J connectivity index is 1.44. The lowest BCUT2D eigenvalue weighted by Gasteiger charge is -2.31. The number of nitrogens with one attached hydrogen (secondary N) is 1. The van der Waals surface area contributed by atoms with Gasteiger partial charge >= 0.3 is 6.03 Å². The second-order valence-electron chi connectivity index (χ2n) is 7.10. The first-order chi connectivity index (χ1) is 14.7. The van der Waals surface area contributed by atoms with E-state index in [2.05, 4.69) is 15.5 Å². The Hall–Kier alpha value is -3.55. The summed E-state index contributed by atoms with van der Waals surface area (Å²) < 4.78 is 16.1. The highest BCUT2D eigenvalue weighted by molar-refractivity contribution is 5.91. The largest absolute Gasteiger partial charge is 0.497 e. The number of rotatable bonds is 5. The molecule has 0 saturated carbocycles. The van der Waals surface area contributed by atoms with E-state index in [1.807, 2.05) is 30.3 Å². The molecule has 156 valence electrons. The van der Waals surface area contributed by atoms with Gasteiger partial charge in [0.2, 0.25) is 11.7 Å². The van der Waals surface area contributed by atoms with Gasteiger partial charge in [0.15, 0.2) is 0 Å². The Kier molecular flexibility index (Phi) is 5.83. The minimum atomic E-state index is -0.189. The first kappa shape index (κ1) is 19.8. The topological polar surface area (TPSA) is 89.7 Å². The van der Waals surface area contributed by atoms with Crippen molar-refractivity contribution < 1.29 is 18.8 Å². The van der Waals surface area contributed by atoms with Gasteiger partial charge in [-0.1, -0.05) is 35.5 Å². The lowest BCUT2D eigenvalue weighted by molar-refractivity contribution is 0.184. The van der Waals surface area contributed by atoms with Crippen LogP contribution in [0.15, 0.2) is 53.1 Å². The zero-order valence-corrected chi connectivity index (χ0v) is 17.0. The number of carbonyl (C=O) groups excluding carboxylic acids is 1. The number of ether oxygens (including phenoxy) is 2. The van der Waals surface area contributed by atoms with Crippen LogP contribution in [-0.2, 0) is 0 Å². The van der Waals surface area contributed by atoms with Gasteiger partial charge in [0, 0.05) is 24.7 Å². The molecule has 2 heterocycles.